The minimum atomic E-state index is -0.581. The van der Waals surface area contributed by atoms with Crippen LogP contribution in [-0.2, 0) is 6.54 Å². The molecule has 0 radical (unpaired) electrons. The number of hydrogen-bond acceptors (Lipinski definition) is 5. The topological polar surface area (TPSA) is 67.3 Å². The standard InChI is InChI=1S/C18H22N4O2/c1-21-9-6-13(7-10-21)16(23)18-20-15-5-2-8-19-17(15)22(18)12-14-4-3-11-24-14/h2-5,8,11,13,16,23H,6-7,9-10,12H2,1H3. The number of piperidine rings is 1. The van der Waals surface area contributed by atoms with Crippen molar-refractivity contribution in [1.29, 1.82) is 0 Å². The number of hydrogen-bond donors (Lipinski definition) is 1. The van der Waals surface area contributed by atoms with Crippen molar-refractivity contribution in [3.8, 4) is 0 Å². The second-order valence-corrected chi connectivity index (χ2v) is 6.57. The summed E-state index contributed by atoms with van der Waals surface area (Å²) in [5.41, 5.74) is 1.60. The maximum Gasteiger partial charge on any atom is 0.160 e. The van der Waals surface area contributed by atoms with Gasteiger partial charge >= 0.3 is 0 Å². The van der Waals surface area contributed by atoms with Crippen LogP contribution in [-0.4, -0.2) is 44.7 Å². The van der Waals surface area contributed by atoms with Crippen LogP contribution in [0.3, 0.4) is 0 Å². The van der Waals surface area contributed by atoms with E-state index >= 15 is 0 Å². The lowest BCUT2D eigenvalue weighted by Crippen LogP contribution is -2.33. The van der Waals surface area contributed by atoms with E-state index in [0.29, 0.717) is 12.4 Å². The van der Waals surface area contributed by atoms with Crippen LogP contribution in [0.1, 0.15) is 30.5 Å². The molecule has 0 aliphatic carbocycles. The monoisotopic (exact) mass is 326 g/mol. The Morgan fingerprint density at radius 1 is 1.29 bits per heavy atom. The van der Waals surface area contributed by atoms with E-state index in [2.05, 4.69) is 21.9 Å². The van der Waals surface area contributed by atoms with Gasteiger partial charge in [0.25, 0.3) is 0 Å². The van der Waals surface area contributed by atoms with E-state index < -0.39 is 6.10 Å². The Hall–Kier alpha value is -2.18. The number of aliphatic hydroxyl groups is 1. The smallest absolute Gasteiger partial charge is 0.160 e. The maximum atomic E-state index is 11.0. The number of fused-ring (bicyclic) bond motifs is 1. The van der Waals surface area contributed by atoms with Crippen molar-refractivity contribution in [2.75, 3.05) is 20.1 Å². The van der Waals surface area contributed by atoms with Crippen LogP contribution in [0.2, 0.25) is 0 Å². The lowest BCUT2D eigenvalue weighted by atomic mass is 9.91. The molecule has 3 aromatic heterocycles. The molecule has 1 atom stereocenters. The van der Waals surface area contributed by atoms with Gasteiger partial charge in [-0.25, -0.2) is 9.97 Å². The van der Waals surface area contributed by atoms with E-state index in [-0.39, 0.29) is 5.92 Å². The highest BCUT2D eigenvalue weighted by Gasteiger charge is 2.29. The fourth-order valence-electron chi connectivity index (χ4n) is 3.47. The first-order valence-corrected chi connectivity index (χ1v) is 8.42. The van der Waals surface area contributed by atoms with Crippen molar-refractivity contribution >= 4 is 11.2 Å². The van der Waals surface area contributed by atoms with E-state index in [4.69, 9.17) is 4.42 Å². The highest BCUT2D eigenvalue weighted by molar-refractivity contribution is 5.71. The second-order valence-electron chi connectivity index (χ2n) is 6.57. The number of rotatable bonds is 4. The molecule has 4 rings (SSSR count). The third-order valence-corrected chi connectivity index (χ3v) is 4.90. The summed E-state index contributed by atoms with van der Waals surface area (Å²) in [6.45, 7) is 2.55. The summed E-state index contributed by atoms with van der Waals surface area (Å²) in [5, 5.41) is 11.0. The van der Waals surface area contributed by atoms with Crippen molar-refractivity contribution in [1.82, 2.24) is 19.4 Å². The molecule has 0 amide bonds. The van der Waals surface area contributed by atoms with Gasteiger partial charge in [0.05, 0.1) is 12.8 Å². The van der Waals surface area contributed by atoms with Crippen molar-refractivity contribution in [3.05, 3.63) is 48.3 Å². The van der Waals surface area contributed by atoms with Crippen LogP contribution >= 0.6 is 0 Å². The summed E-state index contributed by atoms with van der Waals surface area (Å²) in [4.78, 5) is 11.4. The summed E-state index contributed by atoms with van der Waals surface area (Å²) in [5.74, 6) is 1.75. The lowest BCUT2D eigenvalue weighted by Gasteiger charge is -2.31. The Bertz CT molecular complexity index is 804. The number of furan rings is 1. The third kappa shape index (κ3) is 2.83. The van der Waals surface area contributed by atoms with Crippen LogP contribution in [0, 0.1) is 5.92 Å². The number of aromatic nitrogens is 3. The first-order chi connectivity index (χ1) is 11.7. The van der Waals surface area contributed by atoms with Gasteiger partial charge < -0.3 is 19.0 Å². The zero-order chi connectivity index (χ0) is 16.5. The molecule has 1 fully saturated rings. The summed E-state index contributed by atoms with van der Waals surface area (Å²) < 4.78 is 7.47. The average Bonchev–Trinajstić information content (AvgIpc) is 3.24. The van der Waals surface area contributed by atoms with Crippen LogP contribution in [0.4, 0.5) is 0 Å². The molecule has 0 spiro atoms. The third-order valence-electron chi connectivity index (χ3n) is 4.90. The summed E-state index contributed by atoms with van der Waals surface area (Å²) >= 11 is 0. The lowest BCUT2D eigenvalue weighted by molar-refractivity contribution is 0.0571. The van der Waals surface area contributed by atoms with Gasteiger partial charge in [-0.1, -0.05) is 0 Å². The minimum absolute atomic E-state index is 0.230. The van der Waals surface area contributed by atoms with E-state index in [1.807, 2.05) is 28.8 Å². The zero-order valence-corrected chi connectivity index (χ0v) is 13.8. The molecule has 1 unspecified atom stereocenters. The van der Waals surface area contributed by atoms with Crippen molar-refractivity contribution in [2.45, 2.75) is 25.5 Å². The summed E-state index contributed by atoms with van der Waals surface area (Å²) in [7, 11) is 2.12. The van der Waals surface area contributed by atoms with Gasteiger partial charge in [0.15, 0.2) is 5.65 Å². The molecule has 4 heterocycles. The molecule has 24 heavy (non-hydrogen) atoms. The number of pyridine rings is 1. The first-order valence-electron chi connectivity index (χ1n) is 8.42. The Balaban J connectivity index is 1.71. The Morgan fingerprint density at radius 2 is 2.12 bits per heavy atom. The summed E-state index contributed by atoms with van der Waals surface area (Å²) in [6.07, 6.45) is 4.80. The largest absolute Gasteiger partial charge is 0.467 e. The fourth-order valence-corrected chi connectivity index (χ4v) is 3.47. The molecular weight excluding hydrogens is 304 g/mol. The molecule has 1 N–H and O–H groups in total. The van der Waals surface area contributed by atoms with Crippen LogP contribution in [0.25, 0.3) is 11.2 Å². The number of nitrogens with zero attached hydrogens (tertiary/aromatic N) is 4. The molecule has 3 aromatic rings. The van der Waals surface area contributed by atoms with Crippen molar-refractivity contribution in [2.24, 2.45) is 5.92 Å². The van der Waals surface area contributed by atoms with Gasteiger partial charge in [-0.2, -0.15) is 0 Å². The van der Waals surface area contributed by atoms with Crippen LogP contribution in [0.15, 0.2) is 41.1 Å². The minimum Gasteiger partial charge on any atom is -0.467 e. The van der Waals surface area contributed by atoms with Gasteiger partial charge in [0.2, 0.25) is 0 Å². The van der Waals surface area contributed by atoms with E-state index in [1.165, 1.54) is 0 Å². The Labute approximate surface area is 140 Å². The van der Waals surface area contributed by atoms with Gasteiger partial charge in [0.1, 0.15) is 23.2 Å². The predicted octanol–water partition coefficient (Wildman–Crippen LogP) is 2.45. The first kappa shape index (κ1) is 15.4. The van der Waals surface area contributed by atoms with Crippen molar-refractivity contribution in [3.63, 3.8) is 0 Å². The molecule has 0 aromatic carbocycles. The normalized spacial score (nSPS) is 18.2. The van der Waals surface area contributed by atoms with E-state index in [9.17, 15) is 5.11 Å². The highest BCUT2D eigenvalue weighted by Crippen LogP contribution is 2.31. The molecule has 1 aliphatic heterocycles. The molecule has 6 heteroatoms. The highest BCUT2D eigenvalue weighted by atomic mass is 16.3. The predicted molar refractivity (Wildman–Crippen MR) is 90.5 cm³/mol. The van der Waals surface area contributed by atoms with Gasteiger partial charge in [-0.3, -0.25) is 0 Å². The molecular formula is C18H22N4O2. The van der Waals surface area contributed by atoms with E-state index in [0.717, 1.165) is 42.9 Å². The fraction of sp³-hybridized carbons (Fsp3) is 0.444. The molecule has 0 bridgehead atoms. The number of likely N-dealkylation sites (tertiary alicyclic amines) is 1. The molecule has 1 saturated heterocycles. The Kier molecular flexibility index (Phi) is 4.08. The maximum absolute atomic E-state index is 11.0. The van der Waals surface area contributed by atoms with E-state index in [1.54, 1.807) is 12.5 Å². The molecule has 1 aliphatic rings. The zero-order valence-electron chi connectivity index (χ0n) is 13.8. The van der Waals surface area contributed by atoms with Gasteiger partial charge in [-0.05, 0) is 63.2 Å². The van der Waals surface area contributed by atoms with Crippen LogP contribution in [0.5, 0.6) is 0 Å². The van der Waals surface area contributed by atoms with Gasteiger partial charge in [0, 0.05) is 6.20 Å². The van der Waals surface area contributed by atoms with Crippen molar-refractivity contribution < 1.29 is 9.52 Å². The number of aliphatic hydroxyl groups excluding tert-OH is 1. The average molecular weight is 326 g/mol. The molecule has 0 saturated carbocycles. The van der Waals surface area contributed by atoms with Gasteiger partial charge in [-0.15, -0.1) is 0 Å². The molecule has 126 valence electrons. The Morgan fingerprint density at radius 3 is 2.88 bits per heavy atom. The SMILES string of the molecule is CN1CCC(C(O)c2nc3cccnc3n2Cc2ccco2)CC1. The second kappa shape index (κ2) is 6.37. The quantitative estimate of drug-likeness (QED) is 0.797. The number of imidazole rings is 1. The van der Waals surface area contributed by atoms with Crippen LogP contribution < -0.4 is 0 Å². The molecule has 6 nitrogen and oxygen atoms in total. The summed E-state index contributed by atoms with van der Waals surface area (Å²) in [6, 6.07) is 7.61.